The first-order valence-corrected chi connectivity index (χ1v) is 6.23. The Morgan fingerprint density at radius 3 is 2.33 bits per heavy atom. The highest BCUT2D eigenvalue weighted by molar-refractivity contribution is 7.87. The van der Waals surface area contributed by atoms with Crippen LogP contribution in [0.25, 0.3) is 0 Å². The highest BCUT2D eigenvalue weighted by Gasteiger charge is 2.47. The van der Waals surface area contributed by atoms with Crippen LogP contribution in [0.15, 0.2) is 30.3 Å². The van der Waals surface area contributed by atoms with E-state index >= 15 is 0 Å². The van der Waals surface area contributed by atoms with Crippen LogP contribution in [-0.2, 0) is 14.3 Å². The van der Waals surface area contributed by atoms with Gasteiger partial charge in [-0.05, 0) is 12.1 Å². The van der Waals surface area contributed by atoms with E-state index < -0.39 is 22.2 Å². The van der Waals surface area contributed by atoms with Crippen LogP contribution < -0.4 is 0 Å². The van der Waals surface area contributed by atoms with Crippen molar-refractivity contribution >= 4 is 10.1 Å². The van der Waals surface area contributed by atoms with E-state index in [2.05, 4.69) is 16.0 Å². The largest absolute Gasteiger partial charge is 0.523 e. The fraction of sp³-hybridized carbons (Fsp3) is 0.273. The minimum Gasteiger partial charge on any atom is -0.262 e. The first kappa shape index (κ1) is 14.5. The summed E-state index contributed by atoms with van der Waals surface area (Å²) in [4.78, 5) is 0. The summed E-state index contributed by atoms with van der Waals surface area (Å²) in [5.41, 5.74) is -4.70. The molecule has 0 fully saturated rings. The SMILES string of the molecule is O=S(=O)(OCCC#Cc1ccccc1)C(F)(F)F. The van der Waals surface area contributed by atoms with Crippen molar-refractivity contribution in [2.45, 2.75) is 11.9 Å². The Morgan fingerprint density at radius 2 is 1.78 bits per heavy atom. The second-order valence-electron chi connectivity index (χ2n) is 3.14. The van der Waals surface area contributed by atoms with Crippen LogP contribution >= 0.6 is 0 Å². The lowest BCUT2D eigenvalue weighted by Crippen LogP contribution is -2.25. The molecule has 0 saturated carbocycles. The van der Waals surface area contributed by atoms with Crippen molar-refractivity contribution in [1.82, 2.24) is 0 Å². The molecule has 0 heterocycles. The minimum absolute atomic E-state index is 0.107. The molecule has 18 heavy (non-hydrogen) atoms. The first-order chi connectivity index (χ1) is 8.33. The van der Waals surface area contributed by atoms with Gasteiger partial charge in [-0.15, -0.1) is 0 Å². The Hall–Kier alpha value is -1.52. The van der Waals surface area contributed by atoms with Gasteiger partial charge in [-0.2, -0.15) is 21.6 Å². The van der Waals surface area contributed by atoms with Gasteiger partial charge < -0.3 is 0 Å². The molecule has 7 heteroatoms. The van der Waals surface area contributed by atoms with Crippen molar-refractivity contribution in [2.75, 3.05) is 6.61 Å². The highest BCUT2D eigenvalue weighted by atomic mass is 32.2. The van der Waals surface area contributed by atoms with Gasteiger partial charge in [0.2, 0.25) is 0 Å². The fourth-order valence-corrected chi connectivity index (χ4v) is 1.39. The summed E-state index contributed by atoms with van der Waals surface area (Å²) in [5, 5.41) is 0. The van der Waals surface area contributed by atoms with Gasteiger partial charge in [0.1, 0.15) is 0 Å². The summed E-state index contributed by atoms with van der Waals surface area (Å²) in [7, 11) is -5.51. The third kappa shape index (κ3) is 4.39. The number of halogens is 3. The second-order valence-corrected chi connectivity index (χ2v) is 4.75. The van der Waals surface area contributed by atoms with Crippen LogP contribution in [0, 0.1) is 11.8 Å². The van der Waals surface area contributed by atoms with Crippen molar-refractivity contribution in [3.05, 3.63) is 35.9 Å². The fourth-order valence-electron chi connectivity index (χ4n) is 0.955. The minimum atomic E-state index is -5.51. The van der Waals surface area contributed by atoms with Gasteiger partial charge in [0.15, 0.2) is 0 Å². The van der Waals surface area contributed by atoms with Crippen LogP contribution in [0.4, 0.5) is 13.2 Å². The van der Waals surface area contributed by atoms with Crippen molar-refractivity contribution in [1.29, 1.82) is 0 Å². The summed E-state index contributed by atoms with van der Waals surface area (Å²) < 4.78 is 60.3. The predicted molar refractivity (Wildman–Crippen MR) is 58.9 cm³/mol. The molecule has 98 valence electrons. The van der Waals surface area contributed by atoms with Crippen LogP contribution in [0.3, 0.4) is 0 Å². The summed E-state index contributed by atoms with van der Waals surface area (Å²) >= 11 is 0. The Balaban J connectivity index is 2.44. The molecule has 0 radical (unpaired) electrons. The summed E-state index contributed by atoms with van der Waals surface area (Å²) in [6.45, 7) is -0.623. The Bertz CT molecular complexity index is 538. The van der Waals surface area contributed by atoms with Crippen LogP contribution in [0.1, 0.15) is 12.0 Å². The van der Waals surface area contributed by atoms with Gasteiger partial charge in [0, 0.05) is 12.0 Å². The van der Waals surface area contributed by atoms with E-state index in [4.69, 9.17) is 0 Å². The third-order valence-corrected chi connectivity index (χ3v) is 2.80. The first-order valence-electron chi connectivity index (χ1n) is 4.82. The molecule has 3 nitrogen and oxygen atoms in total. The number of hydrogen-bond donors (Lipinski definition) is 0. The predicted octanol–water partition coefficient (Wildman–Crippen LogP) is 2.29. The zero-order valence-corrected chi connectivity index (χ0v) is 9.88. The highest BCUT2D eigenvalue weighted by Crippen LogP contribution is 2.24. The molecule has 0 unspecified atom stereocenters. The van der Waals surface area contributed by atoms with E-state index in [-0.39, 0.29) is 6.42 Å². The molecule has 1 aromatic rings. The van der Waals surface area contributed by atoms with Crippen molar-refractivity contribution in [3.8, 4) is 11.8 Å². The van der Waals surface area contributed by atoms with Crippen molar-refractivity contribution < 1.29 is 25.8 Å². The van der Waals surface area contributed by atoms with E-state index in [0.717, 1.165) is 0 Å². The zero-order chi connectivity index (χ0) is 13.6. The number of hydrogen-bond acceptors (Lipinski definition) is 3. The molecular weight excluding hydrogens is 269 g/mol. The molecule has 0 amide bonds. The topological polar surface area (TPSA) is 43.4 Å². The van der Waals surface area contributed by atoms with Crippen molar-refractivity contribution in [3.63, 3.8) is 0 Å². The molecule has 0 aliphatic rings. The molecule has 0 bridgehead atoms. The second kappa shape index (κ2) is 5.89. The lowest BCUT2D eigenvalue weighted by atomic mass is 10.2. The van der Waals surface area contributed by atoms with E-state index in [1.165, 1.54) is 0 Å². The monoisotopic (exact) mass is 278 g/mol. The summed E-state index contributed by atoms with van der Waals surface area (Å²) in [5.74, 6) is 5.18. The van der Waals surface area contributed by atoms with Crippen molar-refractivity contribution in [2.24, 2.45) is 0 Å². The molecule has 0 aliphatic heterocycles. The molecule has 0 aromatic heterocycles. The number of alkyl halides is 3. The Morgan fingerprint density at radius 1 is 1.17 bits per heavy atom. The smallest absolute Gasteiger partial charge is 0.262 e. The molecule has 0 N–H and O–H groups in total. The molecular formula is C11H9F3O3S. The van der Waals surface area contributed by atoms with Gasteiger partial charge >= 0.3 is 15.6 Å². The van der Waals surface area contributed by atoms with Gasteiger partial charge in [0.25, 0.3) is 0 Å². The quantitative estimate of drug-likeness (QED) is 0.369. The summed E-state index contributed by atoms with van der Waals surface area (Å²) in [6, 6.07) is 8.76. The average molecular weight is 278 g/mol. The molecule has 0 atom stereocenters. The van der Waals surface area contributed by atoms with Gasteiger partial charge in [0.05, 0.1) is 6.61 Å². The lowest BCUT2D eigenvalue weighted by Gasteiger charge is -2.06. The Labute approximate surface area is 103 Å². The molecule has 1 rings (SSSR count). The van der Waals surface area contributed by atoms with Gasteiger partial charge in [-0.1, -0.05) is 30.0 Å². The van der Waals surface area contributed by atoms with Gasteiger partial charge in [-0.25, -0.2) is 0 Å². The molecule has 0 aliphatic carbocycles. The van der Waals surface area contributed by atoms with Crippen LogP contribution in [-0.4, -0.2) is 20.5 Å². The van der Waals surface area contributed by atoms with E-state index in [1.807, 2.05) is 0 Å². The third-order valence-electron chi connectivity index (χ3n) is 1.76. The van der Waals surface area contributed by atoms with Crippen LogP contribution in [0.2, 0.25) is 0 Å². The molecule has 0 spiro atoms. The van der Waals surface area contributed by atoms with E-state index in [1.54, 1.807) is 30.3 Å². The molecule has 0 saturated heterocycles. The average Bonchev–Trinajstić information content (AvgIpc) is 2.28. The maximum Gasteiger partial charge on any atom is 0.523 e. The number of rotatable bonds is 3. The van der Waals surface area contributed by atoms with Gasteiger partial charge in [-0.3, -0.25) is 4.18 Å². The van der Waals surface area contributed by atoms with Crippen LogP contribution in [0.5, 0.6) is 0 Å². The summed E-state index contributed by atoms with van der Waals surface area (Å²) in [6.07, 6.45) is -0.107. The lowest BCUT2D eigenvalue weighted by molar-refractivity contribution is -0.0540. The maximum atomic E-state index is 11.9. The van der Waals surface area contributed by atoms with E-state index in [9.17, 15) is 21.6 Å². The number of benzene rings is 1. The Kier molecular flexibility index (Phi) is 4.76. The maximum absolute atomic E-state index is 11.9. The normalized spacial score (nSPS) is 11.7. The molecule has 1 aromatic carbocycles. The zero-order valence-electron chi connectivity index (χ0n) is 9.07. The standard InChI is InChI=1S/C11H9F3O3S/c12-11(13,14)18(15,16)17-9-5-4-8-10-6-2-1-3-7-10/h1-3,6-7H,5,9H2. The van der Waals surface area contributed by atoms with E-state index in [0.29, 0.717) is 5.56 Å².